The first-order valence-electron chi connectivity index (χ1n) is 9.42. The van der Waals surface area contributed by atoms with Crippen LogP contribution in [-0.4, -0.2) is 26.6 Å². The molecular formula is C21H24N4O3. The number of aryl methyl sites for hydroxylation is 1. The number of amides is 1. The third kappa shape index (κ3) is 4.19. The van der Waals surface area contributed by atoms with Crippen LogP contribution in [0.4, 0.5) is 0 Å². The summed E-state index contributed by atoms with van der Waals surface area (Å²) in [6.07, 6.45) is 3.40. The van der Waals surface area contributed by atoms with Gasteiger partial charge in [-0.3, -0.25) is 23.5 Å². The standard InChI is InChI=1S/C21H24N4O3/c1-3-4-11-22-18(26)14-24-17-6-5-12-23-19(17)25(21(28)20(24)27)13-16-9-7-15(2)8-10-16/h5-10,12H,3-4,11,13-14H2,1-2H3,(H,22,26). The van der Waals surface area contributed by atoms with E-state index in [1.54, 1.807) is 18.3 Å². The fraction of sp³-hybridized carbons (Fsp3) is 0.333. The molecule has 0 aliphatic carbocycles. The maximum Gasteiger partial charge on any atom is 0.318 e. The molecule has 0 aliphatic rings. The van der Waals surface area contributed by atoms with E-state index in [-0.39, 0.29) is 19.0 Å². The van der Waals surface area contributed by atoms with Gasteiger partial charge in [0, 0.05) is 12.7 Å². The Hall–Kier alpha value is -3.22. The quantitative estimate of drug-likeness (QED) is 0.500. The van der Waals surface area contributed by atoms with Crippen LogP contribution in [-0.2, 0) is 17.9 Å². The lowest BCUT2D eigenvalue weighted by molar-refractivity contribution is -0.121. The number of aromatic nitrogens is 3. The molecule has 0 saturated heterocycles. The number of rotatable bonds is 7. The van der Waals surface area contributed by atoms with Gasteiger partial charge in [-0.15, -0.1) is 0 Å². The van der Waals surface area contributed by atoms with Gasteiger partial charge in [-0.1, -0.05) is 43.2 Å². The Bertz CT molecular complexity index is 1100. The zero-order valence-corrected chi connectivity index (χ0v) is 16.1. The Morgan fingerprint density at radius 2 is 1.79 bits per heavy atom. The summed E-state index contributed by atoms with van der Waals surface area (Å²) in [6, 6.07) is 11.1. The number of hydrogen-bond donors (Lipinski definition) is 1. The zero-order chi connectivity index (χ0) is 20.1. The van der Waals surface area contributed by atoms with Crippen molar-refractivity contribution in [2.24, 2.45) is 0 Å². The molecule has 0 radical (unpaired) electrons. The molecule has 7 heteroatoms. The number of nitrogens with zero attached hydrogens (tertiary/aromatic N) is 3. The van der Waals surface area contributed by atoms with Gasteiger partial charge in [0.1, 0.15) is 6.54 Å². The predicted molar refractivity (Wildman–Crippen MR) is 108 cm³/mol. The van der Waals surface area contributed by atoms with Gasteiger partial charge in [-0.05, 0) is 31.0 Å². The highest BCUT2D eigenvalue weighted by Crippen LogP contribution is 2.10. The smallest absolute Gasteiger partial charge is 0.318 e. The second kappa shape index (κ2) is 8.65. The normalized spacial score (nSPS) is 10.9. The minimum Gasteiger partial charge on any atom is -0.355 e. The van der Waals surface area contributed by atoms with Gasteiger partial charge in [0.05, 0.1) is 12.1 Å². The van der Waals surface area contributed by atoms with E-state index >= 15 is 0 Å². The molecule has 1 N–H and O–H groups in total. The lowest BCUT2D eigenvalue weighted by Crippen LogP contribution is -2.44. The lowest BCUT2D eigenvalue weighted by atomic mass is 10.1. The molecule has 0 spiro atoms. The van der Waals surface area contributed by atoms with E-state index in [9.17, 15) is 14.4 Å². The Balaban J connectivity index is 2.02. The van der Waals surface area contributed by atoms with E-state index < -0.39 is 11.1 Å². The van der Waals surface area contributed by atoms with E-state index in [1.807, 2.05) is 38.1 Å². The number of benzene rings is 1. The first kappa shape index (κ1) is 19.5. The van der Waals surface area contributed by atoms with E-state index in [0.29, 0.717) is 17.7 Å². The van der Waals surface area contributed by atoms with Crippen molar-refractivity contribution in [3.8, 4) is 0 Å². The third-order valence-electron chi connectivity index (χ3n) is 4.60. The van der Waals surface area contributed by atoms with Crippen LogP contribution in [0.25, 0.3) is 11.2 Å². The number of unbranched alkanes of at least 4 members (excludes halogenated alkanes) is 1. The summed E-state index contributed by atoms with van der Waals surface area (Å²) < 4.78 is 2.57. The Morgan fingerprint density at radius 3 is 2.50 bits per heavy atom. The number of carbonyl (C=O) groups is 1. The summed E-state index contributed by atoms with van der Waals surface area (Å²) in [6.45, 7) is 4.60. The molecular weight excluding hydrogens is 356 g/mol. The van der Waals surface area contributed by atoms with Gasteiger partial charge >= 0.3 is 11.1 Å². The molecule has 2 heterocycles. The van der Waals surface area contributed by atoms with Crippen molar-refractivity contribution in [2.75, 3.05) is 6.54 Å². The van der Waals surface area contributed by atoms with Crippen LogP contribution in [0, 0.1) is 6.92 Å². The predicted octanol–water partition coefficient (Wildman–Crippen LogP) is 1.83. The second-order valence-electron chi connectivity index (χ2n) is 6.82. The van der Waals surface area contributed by atoms with Crippen LogP contribution < -0.4 is 16.4 Å². The number of pyridine rings is 1. The SMILES string of the molecule is CCCCNC(=O)Cn1c(=O)c(=O)n(Cc2ccc(C)cc2)c2ncccc21. The number of hydrogen-bond acceptors (Lipinski definition) is 4. The van der Waals surface area contributed by atoms with E-state index in [4.69, 9.17) is 0 Å². The highest BCUT2D eigenvalue weighted by atomic mass is 16.2. The summed E-state index contributed by atoms with van der Waals surface area (Å²) in [4.78, 5) is 42.0. The first-order chi connectivity index (χ1) is 13.5. The molecule has 146 valence electrons. The van der Waals surface area contributed by atoms with Crippen LogP contribution in [0.1, 0.15) is 30.9 Å². The van der Waals surface area contributed by atoms with Gasteiger partial charge in [-0.2, -0.15) is 0 Å². The van der Waals surface area contributed by atoms with Crippen molar-refractivity contribution in [1.82, 2.24) is 19.4 Å². The molecule has 0 bridgehead atoms. The van der Waals surface area contributed by atoms with E-state index in [0.717, 1.165) is 24.0 Å². The van der Waals surface area contributed by atoms with Crippen LogP contribution >= 0.6 is 0 Å². The minimum absolute atomic E-state index is 0.203. The molecule has 0 aliphatic heterocycles. The molecule has 1 aromatic carbocycles. The molecule has 2 aromatic heterocycles. The zero-order valence-electron chi connectivity index (χ0n) is 16.1. The fourth-order valence-electron chi connectivity index (χ4n) is 3.03. The van der Waals surface area contributed by atoms with E-state index in [1.165, 1.54) is 9.13 Å². The van der Waals surface area contributed by atoms with Gasteiger partial charge in [0.2, 0.25) is 5.91 Å². The van der Waals surface area contributed by atoms with Crippen molar-refractivity contribution in [3.05, 3.63) is 74.4 Å². The van der Waals surface area contributed by atoms with Crippen molar-refractivity contribution in [2.45, 2.75) is 39.8 Å². The topological polar surface area (TPSA) is 86.0 Å². The average molecular weight is 380 g/mol. The number of fused-ring (bicyclic) bond motifs is 1. The Morgan fingerprint density at radius 1 is 1.07 bits per heavy atom. The monoisotopic (exact) mass is 380 g/mol. The lowest BCUT2D eigenvalue weighted by Gasteiger charge is -2.14. The maximum absolute atomic E-state index is 12.8. The fourth-order valence-corrected chi connectivity index (χ4v) is 3.03. The summed E-state index contributed by atoms with van der Waals surface area (Å²) in [5.74, 6) is -0.295. The van der Waals surface area contributed by atoms with Gasteiger partial charge in [0.25, 0.3) is 0 Å². The molecule has 0 fully saturated rings. The molecule has 3 rings (SSSR count). The Kier molecular flexibility index (Phi) is 6.03. The van der Waals surface area contributed by atoms with Crippen molar-refractivity contribution in [1.29, 1.82) is 0 Å². The van der Waals surface area contributed by atoms with Crippen molar-refractivity contribution < 1.29 is 4.79 Å². The second-order valence-corrected chi connectivity index (χ2v) is 6.82. The first-order valence-corrected chi connectivity index (χ1v) is 9.42. The molecule has 0 saturated carbocycles. The Labute approximate surface area is 162 Å². The minimum atomic E-state index is -0.724. The summed E-state index contributed by atoms with van der Waals surface area (Å²) in [5.41, 5.74) is 1.45. The summed E-state index contributed by atoms with van der Waals surface area (Å²) >= 11 is 0. The van der Waals surface area contributed by atoms with Crippen LogP contribution in [0.15, 0.2) is 52.2 Å². The highest BCUT2D eigenvalue weighted by Gasteiger charge is 2.16. The molecule has 7 nitrogen and oxygen atoms in total. The maximum atomic E-state index is 12.8. The summed E-state index contributed by atoms with van der Waals surface area (Å²) in [7, 11) is 0. The largest absolute Gasteiger partial charge is 0.355 e. The molecule has 28 heavy (non-hydrogen) atoms. The van der Waals surface area contributed by atoms with Crippen LogP contribution in [0.3, 0.4) is 0 Å². The van der Waals surface area contributed by atoms with E-state index in [2.05, 4.69) is 10.3 Å². The molecule has 3 aromatic rings. The van der Waals surface area contributed by atoms with Gasteiger partial charge in [-0.25, -0.2) is 4.98 Å². The third-order valence-corrected chi connectivity index (χ3v) is 4.60. The van der Waals surface area contributed by atoms with Crippen LogP contribution in [0.2, 0.25) is 0 Å². The van der Waals surface area contributed by atoms with Crippen LogP contribution in [0.5, 0.6) is 0 Å². The highest BCUT2D eigenvalue weighted by molar-refractivity contribution is 5.78. The molecule has 1 amide bonds. The van der Waals surface area contributed by atoms with Gasteiger partial charge < -0.3 is 5.32 Å². The average Bonchev–Trinajstić information content (AvgIpc) is 2.70. The number of nitrogens with one attached hydrogen (secondary N) is 1. The van der Waals surface area contributed by atoms with Crippen molar-refractivity contribution >= 4 is 17.1 Å². The van der Waals surface area contributed by atoms with Crippen molar-refractivity contribution in [3.63, 3.8) is 0 Å². The summed E-state index contributed by atoms with van der Waals surface area (Å²) in [5, 5.41) is 2.78. The van der Waals surface area contributed by atoms with Gasteiger partial charge in [0.15, 0.2) is 5.65 Å². The number of carbonyl (C=O) groups excluding carboxylic acids is 1. The molecule has 0 atom stereocenters. The molecule has 0 unspecified atom stereocenters.